The lowest BCUT2D eigenvalue weighted by Crippen LogP contribution is -2.30. The van der Waals surface area contributed by atoms with Crippen molar-refractivity contribution >= 4 is 16.8 Å². The van der Waals surface area contributed by atoms with Crippen molar-refractivity contribution in [3.63, 3.8) is 0 Å². The maximum Gasteiger partial charge on any atom is 0.273 e. The number of hydrogen-bond acceptors (Lipinski definition) is 8. The van der Waals surface area contributed by atoms with Crippen molar-refractivity contribution in [1.82, 2.24) is 0 Å². The quantitative estimate of drug-likeness (QED) is 0.181. The smallest absolute Gasteiger partial charge is 0.273 e. The summed E-state index contributed by atoms with van der Waals surface area (Å²) in [6.45, 7) is 6.81. The largest absolute Gasteiger partial charge is 0.394 e. The molecular weight excluding hydrogens is 388 g/mol. The van der Waals surface area contributed by atoms with Crippen molar-refractivity contribution in [3.05, 3.63) is 0 Å². The average molecular weight is 427 g/mol. The van der Waals surface area contributed by atoms with E-state index >= 15 is 0 Å². The molecule has 0 aromatic rings. The molecule has 3 atom stereocenters. The van der Waals surface area contributed by atoms with E-state index < -0.39 is 41.7 Å². The monoisotopic (exact) mass is 426 g/mol. The van der Waals surface area contributed by atoms with Crippen LogP contribution in [0.2, 0.25) is 30.8 Å². The van der Waals surface area contributed by atoms with Gasteiger partial charge in [-0.15, -0.1) is 0 Å². The maximum atomic E-state index is 11.8. The van der Waals surface area contributed by atoms with Crippen molar-refractivity contribution in [2.75, 3.05) is 46.2 Å². The molecular formula is C17H38O8Si2. The standard InChI is InChI=1S/C17H38O8Si2/c1-4-26(22)14-27(2,3)7-5-6-23-10-16(20)11-25-13-17(21)12-24-9-15(19)8-18/h15-21H,4-14H2,1-3H3. The van der Waals surface area contributed by atoms with Gasteiger partial charge in [0.1, 0.15) is 18.3 Å². The minimum atomic E-state index is -1.42. The molecule has 0 fully saturated rings. The lowest BCUT2D eigenvalue weighted by atomic mass is 10.4. The molecule has 0 aromatic heterocycles. The summed E-state index contributed by atoms with van der Waals surface area (Å²) in [5, 5.41) is 37.1. The van der Waals surface area contributed by atoms with E-state index in [1.807, 2.05) is 6.92 Å². The summed E-state index contributed by atoms with van der Waals surface area (Å²) < 4.78 is 27.4. The van der Waals surface area contributed by atoms with Gasteiger partial charge in [-0.25, -0.2) is 0 Å². The summed E-state index contributed by atoms with van der Waals surface area (Å²) in [6.07, 6.45) is -1.69. The van der Waals surface area contributed by atoms with Gasteiger partial charge < -0.3 is 39.1 Å². The third-order valence-electron chi connectivity index (χ3n) is 3.97. The third kappa shape index (κ3) is 16.6. The molecule has 0 aliphatic heterocycles. The lowest BCUT2D eigenvalue weighted by Gasteiger charge is -2.21. The van der Waals surface area contributed by atoms with Crippen LogP contribution in [0, 0.1) is 0 Å². The van der Waals surface area contributed by atoms with Crippen molar-refractivity contribution in [1.29, 1.82) is 0 Å². The first-order chi connectivity index (χ1) is 12.7. The van der Waals surface area contributed by atoms with Crippen LogP contribution in [0.25, 0.3) is 0 Å². The van der Waals surface area contributed by atoms with E-state index in [0.717, 1.165) is 24.2 Å². The summed E-state index contributed by atoms with van der Waals surface area (Å²) in [4.78, 5) is 0. The second kappa shape index (κ2) is 15.8. The van der Waals surface area contributed by atoms with Crippen molar-refractivity contribution in [3.8, 4) is 0 Å². The highest BCUT2D eigenvalue weighted by Crippen LogP contribution is 2.18. The van der Waals surface area contributed by atoms with Gasteiger partial charge in [-0.3, -0.25) is 0 Å². The van der Waals surface area contributed by atoms with Crippen molar-refractivity contribution in [2.45, 2.75) is 62.5 Å². The topological polar surface area (TPSA) is 126 Å². The second-order valence-electron chi connectivity index (χ2n) is 7.63. The van der Waals surface area contributed by atoms with Gasteiger partial charge in [-0.05, 0) is 18.1 Å². The van der Waals surface area contributed by atoms with Crippen LogP contribution < -0.4 is 0 Å². The molecule has 8 nitrogen and oxygen atoms in total. The first-order valence-electron chi connectivity index (χ1n) is 9.60. The Labute approximate surface area is 165 Å². The highest BCUT2D eigenvalue weighted by atomic mass is 28.4. The maximum absolute atomic E-state index is 11.8. The first-order valence-corrected chi connectivity index (χ1v) is 14.8. The second-order valence-corrected chi connectivity index (χ2v) is 15.7. The molecule has 0 saturated carbocycles. The summed E-state index contributed by atoms with van der Waals surface area (Å²) >= 11 is 0. The molecule has 0 aromatic carbocycles. The molecule has 162 valence electrons. The SMILES string of the molecule is CC[Si](=O)C[Si](C)(C)CCCOCC(O)COCC(O)COCC(O)CO. The molecule has 0 aliphatic carbocycles. The van der Waals surface area contributed by atoms with Crippen LogP contribution in [0.5, 0.6) is 0 Å². The molecule has 0 amide bonds. The molecule has 3 unspecified atom stereocenters. The Balaban J connectivity index is 3.63. The Hall–Kier alpha value is -0.0462. The molecule has 0 aliphatic rings. The number of aliphatic hydroxyl groups excluding tert-OH is 4. The number of ether oxygens (including phenoxy) is 3. The Morgan fingerprint density at radius 1 is 0.889 bits per heavy atom. The fraction of sp³-hybridized carbons (Fsp3) is 1.00. The summed E-state index contributed by atoms with van der Waals surface area (Å²) in [5.41, 5.74) is 0.898. The predicted octanol–water partition coefficient (Wildman–Crippen LogP) is 0.191. The molecule has 27 heavy (non-hydrogen) atoms. The fourth-order valence-electron chi connectivity index (χ4n) is 2.45. The summed E-state index contributed by atoms with van der Waals surface area (Å²) in [7, 11) is -2.83. The van der Waals surface area contributed by atoms with Gasteiger partial charge in [0.25, 0.3) is 8.68 Å². The molecule has 0 radical (unpaired) electrons. The van der Waals surface area contributed by atoms with E-state index in [0.29, 0.717) is 6.61 Å². The van der Waals surface area contributed by atoms with E-state index in [4.69, 9.17) is 24.4 Å². The van der Waals surface area contributed by atoms with Crippen molar-refractivity contribution in [2.24, 2.45) is 0 Å². The van der Waals surface area contributed by atoms with Crippen LogP contribution in [0.4, 0.5) is 0 Å². The van der Waals surface area contributed by atoms with Gasteiger partial charge in [-0.1, -0.05) is 26.1 Å². The number of aliphatic hydroxyl groups is 4. The Morgan fingerprint density at radius 2 is 1.37 bits per heavy atom. The number of rotatable bonds is 18. The zero-order valence-electron chi connectivity index (χ0n) is 16.9. The zero-order valence-corrected chi connectivity index (χ0v) is 18.9. The summed E-state index contributed by atoms with van der Waals surface area (Å²) in [5.74, 6) is 0. The molecule has 10 heteroatoms. The van der Waals surface area contributed by atoms with Gasteiger partial charge in [0, 0.05) is 6.61 Å². The highest BCUT2D eigenvalue weighted by molar-refractivity contribution is 6.85. The van der Waals surface area contributed by atoms with Gasteiger partial charge in [-0.2, -0.15) is 0 Å². The van der Waals surface area contributed by atoms with E-state index in [2.05, 4.69) is 13.1 Å². The molecule has 4 N–H and O–H groups in total. The van der Waals surface area contributed by atoms with Gasteiger partial charge in [0.2, 0.25) is 0 Å². The van der Waals surface area contributed by atoms with Crippen LogP contribution >= 0.6 is 0 Å². The van der Waals surface area contributed by atoms with Crippen molar-refractivity contribution < 1.29 is 39.1 Å². The predicted molar refractivity (Wildman–Crippen MR) is 106 cm³/mol. The molecule has 0 spiro atoms. The Bertz CT molecular complexity index is 384. The van der Waals surface area contributed by atoms with E-state index in [1.165, 1.54) is 0 Å². The van der Waals surface area contributed by atoms with Gasteiger partial charge >= 0.3 is 0 Å². The van der Waals surface area contributed by atoms with Crippen LogP contribution in [-0.4, -0.2) is 102 Å². The van der Waals surface area contributed by atoms with E-state index in [-0.39, 0.29) is 33.0 Å². The number of hydrogen-bond donors (Lipinski definition) is 4. The van der Waals surface area contributed by atoms with Crippen LogP contribution in [0.3, 0.4) is 0 Å². The van der Waals surface area contributed by atoms with Gasteiger partial charge in [0.05, 0.1) is 47.7 Å². The zero-order chi connectivity index (χ0) is 20.7. The fourth-order valence-corrected chi connectivity index (χ4v) is 9.53. The molecule has 0 heterocycles. The Morgan fingerprint density at radius 3 is 1.85 bits per heavy atom. The lowest BCUT2D eigenvalue weighted by molar-refractivity contribution is -0.0674. The molecule has 0 bridgehead atoms. The molecule has 0 saturated heterocycles. The summed E-state index contributed by atoms with van der Waals surface area (Å²) in [6, 6.07) is 1.85. The van der Waals surface area contributed by atoms with Crippen LogP contribution in [-0.2, 0) is 18.7 Å². The van der Waals surface area contributed by atoms with E-state index in [9.17, 15) is 14.7 Å². The first kappa shape index (κ1) is 27.0. The third-order valence-corrected chi connectivity index (χ3v) is 11.9. The minimum Gasteiger partial charge on any atom is -0.394 e. The highest BCUT2D eigenvalue weighted by Gasteiger charge is 2.24. The Kier molecular flexibility index (Phi) is 15.8. The minimum absolute atomic E-state index is 0.00269. The van der Waals surface area contributed by atoms with Gasteiger partial charge in [0.15, 0.2) is 0 Å². The molecule has 0 rings (SSSR count). The normalized spacial score (nSPS) is 15.5. The van der Waals surface area contributed by atoms with Crippen LogP contribution in [0.1, 0.15) is 13.3 Å². The average Bonchev–Trinajstić information content (AvgIpc) is 2.60. The van der Waals surface area contributed by atoms with E-state index in [1.54, 1.807) is 0 Å². The van der Waals surface area contributed by atoms with Crippen LogP contribution in [0.15, 0.2) is 0 Å².